The van der Waals surface area contributed by atoms with E-state index in [0.29, 0.717) is 17.2 Å². The van der Waals surface area contributed by atoms with Gasteiger partial charge in [0, 0.05) is 25.7 Å². The highest BCUT2D eigenvalue weighted by molar-refractivity contribution is 6.28. The van der Waals surface area contributed by atoms with E-state index in [2.05, 4.69) is 38.6 Å². The minimum absolute atomic E-state index is 0.304. The summed E-state index contributed by atoms with van der Waals surface area (Å²) in [7, 11) is 0. The van der Waals surface area contributed by atoms with Gasteiger partial charge in [-0.15, -0.1) is 0 Å². The van der Waals surface area contributed by atoms with Crippen LogP contribution in [0.5, 0.6) is 0 Å². The maximum atomic E-state index is 6.08. The zero-order chi connectivity index (χ0) is 13.4. The van der Waals surface area contributed by atoms with E-state index in [1.807, 2.05) is 0 Å². The van der Waals surface area contributed by atoms with Crippen molar-refractivity contribution < 1.29 is 0 Å². The molecule has 2 aliphatic rings. The molecule has 1 aromatic rings. The molecule has 3 rings (SSSR count). The molecule has 0 radical (unpaired) electrons. The van der Waals surface area contributed by atoms with Crippen molar-refractivity contribution in [1.29, 1.82) is 0 Å². The van der Waals surface area contributed by atoms with Gasteiger partial charge in [0.05, 0.1) is 0 Å². The molecule has 0 amide bonds. The van der Waals surface area contributed by atoms with E-state index in [0.717, 1.165) is 31.5 Å². The first-order valence-corrected chi connectivity index (χ1v) is 7.44. The minimum atomic E-state index is 0.304. The van der Waals surface area contributed by atoms with Crippen LogP contribution >= 0.6 is 11.6 Å². The van der Waals surface area contributed by atoms with Crippen LogP contribution in [-0.2, 0) is 0 Å². The predicted molar refractivity (Wildman–Crippen MR) is 76.9 cm³/mol. The Labute approximate surface area is 119 Å². The summed E-state index contributed by atoms with van der Waals surface area (Å²) < 4.78 is 0. The molecule has 0 aliphatic carbocycles. The fourth-order valence-electron chi connectivity index (χ4n) is 3.10. The lowest BCUT2D eigenvalue weighted by Gasteiger charge is -2.23. The van der Waals surface area contributed by atoms with Gasteiger partial charge in [-0.05, 0) is 43.7 Å². The first-order chi connectivity index (χ1) is 9.13. The van der Waals surface area contributed by atoms with E-state index in [1.54, 1.807) is 0 Å². The summed E-state index contributed by atoms with van der Waals surface area (Å²) in [6.07, 6.45) is 3.59. The molecule has 0 saturated carbocycles. The van der Waals surface area contributed by atoms with Crippen LogP contribution in [-0.4, -0.2) is 40.6 Å². The summed E-state index contributed by atoms with van der Waals surface area (Å²) in [5.41, 5.74) is 0. The van der Waals surface area contributed by atoms with Crippen LogP contribution in [0.4, 0.5) is 11.9 Å². The van der Waals surface area contributed by atoms with Crippen LogP contribution in [0.15, 0.2) is 0 Å². The first-order valence-electron chi connectivity index (χ1n) is 7.06. The molecule has 5 nitrogen and oxygen atoms in total. The smallest absolute Gasteiger partial charge is 0.231 e. The van der Waals surface area contributed by atoms with Crippen LogP contribution in [0.2, 0.25) is 5.28 Å². The zero-order valence-electron chi connectivity index (χ0n) is 11.5. The molecule has 3 heterocycles. The second-order valence-corrected chi connectivity index (χ2v) is 6.08. The Bertz CT molecular complexity index is 460. The van der Waals surface area contributed by atoms with E-state index < -0.39 is 0 Å². The van der Waals surface area contributed by atoms with Gasteiger partial charge in [-0.1, -0.05) is 6.92 Å². The Hall–Kier alpha value is -1.10. The highest BCUT2D eigenvalue weighted by Gasteiger charge is 2.29. The minimum Gasteiger partial charge on any atom is -0.341 e. The maximum absolute atomic E-state index is 6.08. The predicted octanol–water partition coefficient (Wildman–Crippen LogP) is 2.36. The number of nitrogens with zero attached hydrogens (tertiary/aromatic N) is 5. The number of hydrogen-bond acceptors (Lipinski definition) is 5. The number of anilines is 2. The van der Waals surface area contributed by atoms with Gasteiger partial charge >= 0.3 is 0 Å². The molecule has 2 aliphatic heterocycles. The maximum Gasteiger partial charge on any atom is 0.231 e. The van der Waals surface area contributed by atoms with E-state index in [9.17, 15) is 0 Å². The Morgan fingerprint density at radius 3 is 2.37 bits per heavy atom. The van der Waals surface area contributed by atoms with Crippen molar-refractivity contribution >= 4 is 23.5 Å². The van der Waals surface area contributed by atoms with Crippen LogP contribution in [0.25, 0.3) is 0 Å². The molecule has 19 heavy (non-hydrogen) atoms. The lowest BCUT2D eigenvalue weighted by atomic mass is 10.1. The van der Waals surface area contributed by atoms with Crippen LogP contribution < -0.4 is 9.80 Å². The van der Waals surface area contributed by atoms with Gasteiger partial charge < -0.3 is 9.80 Å². The Kier molecular flexibility index (Phi) is 3.48. The SMILES string of the molecule is CC1CC(C)N(c2nc(Cl)nc(N3CCCC3)n2)C1. The summed E-state index contributed by atoms with van der Waals surface area (Å²) in [6, 6.07) is 0.472. The summed E-state index contributed by atoms with van der Waals surface area (Å²) in [6.45, 7) is 7.52. The molecular formula is C13H20ClN5. The first kappa shape index (κ1) is 12.9. The number of halogens is 1. The second-order valence-electron chi connectivity index (χ2n) is 5.74. The van der Waals surface area contributed by atoms with E-state index >= 15 is 0 Å². The summed E-state index contributed by atoms with van der Waals surface area (Å²) >= 11 is 6.08. The third kappa shape index (κ3) is 2.61. The highest BCUT2D eigenvalue weighted by Crippen LogP contribution is 2.28. The van der Waals surface area contributed by atoms with Crippen molar-refractivity contribution in [2.24, 2.45) is 5.92 Å². The van der Waals surface area contributed by atoms with Gasteiger partial charge in [0.25, 0.3) is 0 Å². The molecular weight excluding hydrogens is 262 g/mol. The standard InChI is InChI=1S/C13H20ClN5/c1-9-7-10(2)19(8-9)13-16-11(14)15-12(17-13)18-5-3-4-6-18/h9-10H,3-8H2,1-2H3. The van der Waals surface area contributed by atoms with Crippen molar-refractivity contribution in [3.8, 4) is 0 Å². The molecule has 0 spiro atoms. The van der Waals surface area contributed by atoms with Crippen molar-refractivity contribution in [2.75, 3.05) is 29.4 Å². The van der Waals surface area contributed by atoms with Gasteiger partial charge in [0.1, 0.15) is 0 Å². The Morgan fingerprint density at radius 1 is 1.05 bits per heavy atom. The summed E-state index contributed by atoms with van der Waals surface area (Å²) in [4.78, 5) is 17.7. The van der Waals surface area contributed by atoms with E-state index in [4.69, 9.17) is 11.6 Å². The largest absolute Gasteiger partial charge is 0.341 e. The molecule has 2 saturated heterocycles. The average Bonchev–Trinajstić information content (AvgIpc) is 2.98. The average molecular weight is 282 g/mol. The third-order valence-electron chi connectivity index (χ3n) is 4.01. The molecule has 2 atom stereocenters. The normalized spacial score (nSPS) is 27.3. The van der Waals surface area contributed by atoms with Gasteiger partial charge in [-0.2, -0.15) is 15.0 Å². The molecule has 6 heteroatoms. The van der Waals surface area contributed by atoms with Gasteiger partial charge in [-0.25, -0.2) is 0 Å². The third-order valence-corrected chi connectivity index (χ3v) is 4.18. The quantitative estimate of drug-likeness (QED) is 0.833. The Morgan fingerprint density at radius 2 is 1.74 bits per heavy atom. The van der Waals surface area contributed by atoms with Crippen molar-refractivity contribution in [2.45, 2.75) is 39.2 Å². The van der Waals surface area contributed by atoms with Crippen molar-refractivity contribution in [1.82, 2.24) is 15.0 Å². The number of hydrogen-bond donors (Lipinski definition) is 0. The monoisotopic (exact) mass is 281 g/mol. The van der Waals surface area contributed by atoms with E-state index in [-0.39, 0.29) is 0 Å². The molecule has 2 fully saturated rings. The van der Waals surface area contributed by atoms with Crippen LogP contribution in [0.3, 0.4) is 0 Å². The Balaban J connectivity index is 1.89. The lowest BCUT2D eigenvalue weighted by Crippen LogP contribution is -2.30. The van der Waals surface area contributed by atoms with Gasteiger partial charge in [0.15, 0.2) is 0 Å². The van der Waals surface area contributed by atoms with Gasteiger partial charge in [-0.3, -0.25) is 0 Å². The summed E-state index contributed by atoms with van der Waals surface area (Å²) in [5, 5.41) is 0.304. The lowest BCUT2D eigenvalue weighted by molar-refractivity contribution is 0.624. The molecule has 104 valence electrons. The molecule has 0 aromatic carbocycles. The van der Waals surface area contributed by atoms with E-state index in [1.165, 1.54) is 19.3 Å². The number of rotatable bonds is 2. The fraction of sp³-hybridized carbons (Fsp3) is 0.769. The topological polar surface area (TPSA) is 45.2 Å². The molecule has 2 unspecified atom stereocenters. The van der Waals surface area contributed by atoms with Gasteiger partial charge in [0.2, 0.25) is 17.2 Å². The second kappa shape index (κ2) is 5.12. The summed E-state index contributed by atoms with van der Waals surface area (Å²) in [5.74, 6) is 2.15. The fourth-order valence-corrected chi connectivity index (χ4v) is 3.25. The molecule has 0 N–H and O–H groups in total. The van der Waals surface area contributed by atoms with Crippen molar-refractivity contribution in [3.63, 3.8) is 0 Å². The van der Waals surface area contributed by atoms with Crippen molar-refractivity contribution in [3.05, 3.63) is 5.28 Å². The van der Waals surface area contributed by atoms with Crippen LogP contribution in [0.1, 0.15) is 33.1 Å². The zero-order valence-corrected chi connectivity index (χ0v) is 12.3. The molecule has 0 bridgehead atoms. The number of aromatic nitrogens is 3. The molecule has 1 aromatic heterocycles. The highest BCUT2D eigenvalue weighted by atomic mass is 35.5. The van der Waals surface area contributed by atoms with Crippen LogP contribution in [0, 0.1) is 5.92 Å².